The topological polar surface area (TPSA) is 27.7 Å². The van der Waals surface area contributed by atoms with Crippen LogP contribution in [0.3, 0.4) is 0 Å². The molecule has 0 fully saturated rings. The van der Waals surface area contributed by atoms with Crippen molar-refractivity contribution >= 4 is 12.6 Å². The summed E-state index contributed by atoms with van der Waals surface area (Å²) in [5.41, 5.74) is 3.96. The normalized spacial score (nSPS) is 12.4. The van der Waals surface area contributed by atoms with Gasteiger partial charge in [-0.15, -0.1) is 0 Å². The predicted molar refractivity (Wildman–Crippen MR) is 159 cm³/mol. The molecule has 4 heteroatoms. The molecule has 0 aliphatic carbocycles. The van der Waals surface area contributed by atoms with Gasteiger partial charge in [0, 0.05) is 5.46 Å². The lowest BCUT2D eigenvalue weighted by Gasteiger charge is -2.12. The molecule has 3 rings (SSSR count). The van der Waals surface area contributed by atoms with Gasteiger partial charge in [-0.3, -0.25) is 0 Å². The SMILES string of the molecule is CCCCCCCCc1cc2c(cc1CCCCCCCC)OB(c1ccc(OCCCCC)cc1)O2. The van der Waals surface area contributed by atoms with Crippen LogP contribution in [0.5, 0.6) is 17.2 Å². The lowest BCUT2D eigenvalue weighted by atomic mass is 9.79. The minimum absolute atomic E-state index is 0.379. The first-order valence-corrected chi connectivity index (χ1v) is 15.5. The largest absolute Gasteiger partial charge is 0.632 e. The molecule has 0 amide bonds. The van der Waals surface area contributed by atoms with E-state index in [1.54, 1.807) is 0 Å². The quantitative estimate of drug-likeness (QED) is 0.132. The van der Waals surface area contributed by atoms with Gasteiger partial charge in [0.2, 0.25) is 0 Å². The van der Waals surface area contributed by atoms with Crippen molar-refractivity contribution < 1.29 is 14.0 Å². The van der Waals surface area contributed by atoms with Crippen molar-refractivity contribution in [2.45, 2.75) is 130 Å². The fraction of sp³-hybridized carbons (Fsp3) is 0.636. The number of hydrogen-bond acceptors (Lipinski definition) is 3. The van der Waals surface area contributed by atoms with Crippen molar-refractivity contribution in [2.24, 2.45) is 0 Å². The molecule has 0 spiro atoms. The average Bonchev–Trinajstić information content (AvgIpc) is 3.33. The average molecular weight is 507 g/mol. The molecule has 0 N–H and O–H groups in total. The third kappa shape index (κ3) is 10.3. The van der Waals surface area contributed by atoms with Crippen LogP contribution in [0.4, 0.5) is 0 Å². The Labute approximate surface area is 227 Å². The van der Waals surface area contributed by atoms with Crippen molar-refractivity contribution in [1.29, 1.82) is 0 Å². The maximum atomic E-state index is 6.31. The van der Waals surface area contributed by atoms with E-state index in [1.807, 2.05) is 12.1 Å². The number of hydrogen-bond donors (Lipinski definition) is 0. The molecule has 2 aromatic rings. The molecule has 0 saturated carbocycles. The molecule has 1 aliphatic heterocycles. The summed E-state index contributed by atoms with van der Waals surface area (Å²) >= 11 is 0. The van der Waals surface area contributed by atoms with Crippen LogP contribution in [0.1, 0.15) is 128 Å². The molecule has 3 nitrogen and oxygen atoms in total. The maximum absolute atomic E-state index is 6.31. The van der Waals surface area contributed by atoms with E-state index in [-0.39, 0.29) is 7.12 Å². The molecule has 1 aliphatic rings. The Morgan fingerprint density at radius 3 is 1.54 bits per heavy atom. The highest BCUT2D eigenvalue weighted by atomic mass is 16.6. The lowest BCUT2D eigenvalue weighted by Crippen LogP contribution is -2.38. The van der Waals surface area contributed by atoms with Gasteiger partial charge in [-0.2, -0.15) is 0 Å². The summed E-state index contributed by atoms with van der Waals surface area (Å²) in [5.74, 6) is 2.72. The van der Waals surface area contributed by atoms with E-state index < -0.39 is 0 Å². The highest BCUT2D eigenvalue weighted by Crippen LogP contribution is 2.37. The fourth-order valence-corrected chi connectivity index (χ4v) is 5.14. The van der Waals surface area contributed by atoms with Crippen LogP contribution >= 0.6 is 0 Å². The van der Waals surface area contributed by atoms with E-state index in [4.69, 9.17) is 14.0 Å². The van der Waals surface area contributed by atoms with Gasteiger partial charge in [0.1, 0.15) is 17.2 Å². The first kappa shape index (κ1) is 29.5. The zero-order valence-corrected chi connectivity index (χ0v) is 24.0. The van der Waals surface area contributed by atoms with Crippen LogP contribution in [0.25, 0.3) is 0 Å². The highest BCUT2D eigenvalue weighted by Gasteiger charge is 2.34. The van der Waals surface area contributed by atoms with Crippen molar-refractivity contribution in [2.75, 3.05) is 6.61 Å². The van der Waals surface area contributed by atoms with Crippen LogP contribution in [-0.2, 0) is 12.8 Å². The summed E-state index contributed by atoms with van der Waals surface area (Å²) in [5, 5.41) is 0. The Balaban J connectivity index is 1.59. The summed E-state index contributed by atoms with van der Waals surface area (Å²) in [4.78, 5) is 0. The monoisotopic (exact) mass is 506 g/mol. The third-order valence-corrected chi connectivity index (χ3v) is 7.50. The Morgan fingerprint density at radius 1 is 0.568 bits per heavy atom. The number of fused-ring (bicyclic) bond motifs is 1. The third-order valence-electron chi connectivity index (χ3n) is 7.50. The molecule has 0 saturated heterocycles. The Hall–Kier alpha value is -2.10. The Kier molecular flexibility index (Phi) is 13.9. The first-order chi connectivity index (χ1) is 18.2. The summed E-state index contributed by atoms with van der Waals surface area (Å²) < 4.78 is 18.5. The zero-order chi connectivity index (χ0) is 26.1. The van der Waals surface area contributed by atoms with E-state index in [2.05, 4.69) is 45.0 Å². The van der Waals surface area contributed by atoms with Crippen molar-refractivity contribution in [3.8, 4) is 17.2 Å². The summed E-state index contributed by atoms with van der Waals surface area (Å²) in [6.07, 6.45) is 21.7. The number of rotatable bonds is 20. The van der Waals surface area contributed by atoms with Gasteiger partial charge in [-0.25, -0.2) is 0 Å². The van der Waals surface area contributed by atoms with Crippen molar-refractivity contribution in [3.63, 3.8) is 0 Å². The molecule has 37 heavy (non-hydrogen) atoms. The predicted octanol–water partition coefficient (Wildman–Crippen LogP) is 9.23. The van der Waals surface area contributed by atoms with Crippen LogP contribution in [0, 0.1) is 0 Å². The highest BCUT2D eigenvalue weighted by molar-refractivity contribution is 6.63. The molecule has 0 atom stereocenters. The van der Waals surface area contributed by atoms with E-state index >= 15 is 0 Å². The van der Waals surface area contributed by atoms with Gasteiger partial charge in [-0.1, -0.05) is 110 Å². The van der Waals surface area contributed by atoms with Gasteiger partial charge in [0.15, 0.2) is 0 Å². The fourth-order valence-electron chi connectivity index (χ4n) is 5.14. The number of ether oxygens (including phenoxy) is 1. The Morgan fingerprint density at radius 2 is 1.03 bits per heavy atom. The minimum atomic E-state index is -0.379. The lowest BCUT2D eigenvalue weighted by molar-refractivity contribution is 0.306. The zero-order valence-electron chi connectivity index (χ0n) is 24.0. The van der Waals surface area contributed by atoms with E-state index in [0.29, 0.717) is 0 Å². The molecular weight excluding hydrogens is 455 g/mol. The Bertz CT molecular complexity index is 835. The molecule has 1 heterocycles. The van der Waals surface area contributed by atoms with E-state index in [1.165, 1.54) is 101 Å². The number of benzene rings is 2. The van der Waals surface area contributed by atoms with Gasteiger partial charge >= 0.3 is 7.12 Å². The number of unbranched alkanes of at least 4 members (excludes halogenated alkanes) is 12. The van der Waals surface area contributed by atoms with E-state index in [9.17, 15) is 0 Å². The minimum Gasteiger partial charge on any atom is -0.519 e. The van der Waals surface area contributed by atoms with Crippen LogP contribution < -0.4 is 19.5 Å². The molecule has 2 aromatic carbocycles. The summed E-state index contributed by atoms with van der Waals surface area (Å²) in [7, 11) is -0.379. The van der Waals surface area contributed by atoms with E-state index in [0.717, 1.165) is 48.6 Å². The molecule has 0 radical (unpaired) electrons. The van der Waals surface area contributed by atoms with Crippen molar-refractivity contribution in [3.05, 3.63) is 47.5 Å². The summed E-state index contributed by atoms with van der Waals surface area (Å²) in [6, 6.07) is 12.8. The van der Waals surface area contributed by atoms with Crippen LogP contribution in [0.2, 0.25) is 0 Å². The molecule has 0 aromatic heterocycles. The maximum Gasteiger partial charge on any atom is 0.632 e. The number of aryl methyl sites for hydroxylation is 2. The van der Waals surface area contributed by atoms with Gasteiger partial charge in [0.05, 0.1) is 6.61 Å². The van der Waals surface area contributed by atoms with Gasteiger partial charge < -0.3 is 14.0 Å². The second-order valence-electron chi connectivity index (χ2n) is 10.8. The molecule has 0 unspecified atom stereocenters. The van der Waals surface area contributed by atoms with Gasteiger partial charge in [-0.05, 0) is 67.5 Å². The first-order valence-electron chi connectivity index (χ1n) is 15.5. The second-order valence-corrected chi connectivity index (χ2v) is 10.8. The second kappa shape index (κ2) is 17.4. The van der Waals surface area contributed by atoms with Crippen LogP contribution in [-0.4, -0.2) is 13.7 Å². The summed E-state index contributed by atoms with van der Waals surface area (Å²) in [6.45, 7) is 7.55. The van der Waals surface area contributed by atoms with Gasteiger partial charge in [0.25, 0.3) is 0 Å². The van der Waals surface area contributed by atoms with Crippen LogP contribution in [0.15, 0.2) is 36.4 Å². The molecular formula is C33H51BO3. The van der Waals surface area contributed by atoms with Crippen molar-refractivity contribution in [1.82, 2.24) is 0 Å². The molecule has 204 valence electrons. The smallest absolute Gasteiger partial charge is 0.519 e. The molecule has 0 bridgehead atoms. The standard InChI is InChI=1S/C33H51BO3/c1-4-7-10-12-14-16-19-28-26-32-33(27-29(28)20-17-15-13-11-8-5-2)37-34(36-32)30-21-23-31(24-22-30)35-25-18-9-6-3/h21-24,26-27H,4-20,25H2,1-3H3.